The van der Waals surface area contributed by atoms with Crippen molar-refractivity contribution in [3.8, 4) is 0 Å². The van der Waals surface area contributed by atoms with E-state index in [0.29, 0.717) is 23.2 Å². The van der Waals surface area contributed by atoms with Crippen molar-refractivity contribution in [2.45, 2.75) is 12.6 Å². The lowest BCUT2D eigenvalue weighted by Crippen LogP contribution is -2.32. The fourth-order valence-electron chi connectivity index (χ4n) is 2.53. The number of amidine groups is 1. The van der Waals surface area contributed by atoms with Crippen LogP contribution in [0.1, 0.15) is 5.56 Å². The summed E-state index contributed by atoms with van der Waals surface area (Å²) in [6.45, 7) is 1.93. The van der Waals surface area contributed by atoms with Gasteiger partial charge in [0.1, 0.15) is 12.6 Å². The zero-order valence-corrected chi connectivity index (χ0v) is 14.0. The smallest absolute Gasteiger partial charge is 0.282 e. The first-order chi connectivity index (χ1) is 11.1. The standard InChI is InChI=1S/C17H17Cl2N3O/c18-15-7-6-14(8-16(15)19)22(9-12-4-2-1-3-5-12)10-13-11-23-17(20)21-13/h1-8,13H,9-11H2,(H2,20,21). The fraction of sp³-hybridized carbons (Fsp3) is 0.235. The van der Waals surface area contributed by atoms with Crippen LogP contribution in [-0.2, 0) is 11.3 Å². The summed E-state index contributed by atoms with van der Waals surface area (Å²) >= 11 is 12.2. The topological polar surface area (TPSA) is 50.8 Å². The summed E-state index contributed by atoms with van der Waals surface area (Å²) in [7, 11) is 0. The molecule has 23 heavy (non-hydrogen) atoms. The molecule has 3 rings (SSSR count). The largest absolute Gasteiger partial charge is 0.463 e. The van der Waals surface area contributed by atoms with Gasteiger partial charge in [0.2, 0.25) is 0 Å². The maximum absolute atomic E-state index is 6.17. The van der Waals surface area contributed by atoms with Gasteiger partial charge in [0.25, 0.3) is 6.02 Å². The van der Waals surface area contributed by atoms with Gasteiger partial charge in [-0.05, 0) is 23.8 Å². The molecule has 2 aromatic carbocycles. The Hall–Kier alpha value is -1.91. The molecule has 0 aromatic heterocycles. The van der Waals surface area contributed by atoms with Crippen molar-refractivity contribution in [2.24, 2.45) is 10.7 Å². The third kappa shape index (κ3) is 4.09. The summed E-state index contributed by atoms with van der Waals surface area (Å²) in [5, 5.41) is 1.08. The van der Waals surface area contributed by atoms with Crippen molar-refractivity contribution in [3.05, 3.63) is 64.1 Å². The molecule has 6 heteroatoms. The number of aliphatic imine (C=N–C) groups is 1. The van der Waals surface area contributed by atoms with Crippen LogP contribution in [0.2, 0.25) is 10.0 Å². The number of nitrogens with two attached hydrogens (primary N) is 1. The highest BCUT2D eigenvalue weighted by molar-refractivity contribution is 6.42. The predicted molar refractivity (Wildman–Crippen MR) is 95.3 cm³/mol. The molecule has 0 fully saturated rings. The van der Waals surface area contributed by atoms with E-state index in [1.54, 1.807) is 6.07 Å². The van der Waals surface area contributed by atoms with Crippen LogP contribution >= 0.6 is 23.2 Å². The van der Waals surface area contributed by atoms with E-state index in [1.165, 1.54) is 5.56 Å². The molecule has 0 amide bonds. The van der Waals surface area contributed by atoms with Crippen molar-refractivity contribution < 1.29 is 4.74 Å². The first-order valence-corrected chi connectivity index (χ1v) is 8.07. The summed E-state index contributed by atoms with van der Waals surface area (Å²) in [5.74, 6) is 0. The van der Waals surface area contributed by atoms with Crippen LogP contribution in [0.3, 0.4) is 0 Å². The molecule has 120 valence electrons. The molecule has 0 spiro atoms. The summed E-state index contributed by atoms with van der Waals surface area (Å²) in [6, 6.07) is 16.1. The molecule has 0 saturated carbocycles. The first kappa shape index (κ1) is 16.0. The quantitative estimate of drug-likeness (QED) is 0.894. The Morgan fingerprint density at radius 3 is 2.57 bits per heavy atom. The lowest BCUT2D eigenvalue weighted by molar-refractivity contribution is 0.313. The Morgan fingerprint density at radius 2 is 1.91 bits per heavy atom. The zero-order chi connectivity index (χ0) is 16.2. The van der Waals surface area contributed by atoms with Gasteiger partial charge in [0.05, 0.1) is 10.0 Å². The molecule has 0 saturated heterocycles. The van der Waals surface area contributed by atoms with Crippen molar-refractivity contribution in [1.29, 1.82) is 0 Å². The zero-order valence-electron chi connectivity index (χ0n) is 12.5. The predicted octanol–water partition coefficient (Wildman–Crippen LogP) is 3.71. The second kappa shape index (κ2) is 7.11. The molecule has 1 unspecified atom stereocenters. The average Bonchev–Trinajstić information content (AvgIpc) is 2.95. The second-order valence-corrected chi connectivity index (χ2v) is 6.21. The molecule has 0 radical (unpaired) electrons. The highest BCUT2D eigenvalue weighted by Gasteiger charge is 2.21. The van der Waals surface area contributed by atoms with Crippen LogP contribution in [0.15, 0.2) is 53.5 Å². The number of hydrogen-bond acceptors (Lipinski definition) is 4. The van der Waals surface area contributed by atoms with E-state index in [4.69, 9.17) is 33.7 Å². The monoisotopic (exact) mass is 349 g/mol. The lowest BCUT2D eigenvalue weighted by Gasteiger charge is -2.27. The Kier molecular flexibility index (Phi) is 4.94. The van der Waals surface area contributed by atoms with E-state index in [0.717, 1.165) is 12.2 Å². The van der Waals surface area contributed by atoms with E-state index >= 15 is 0 Å². The molecule has 0 aliphatic carbocycles. The Labute approximate surface area is 145 Å². The molecule has 1 aliphatic rings. The minimum Gasteiger partial charge on any atom is -0.463 e. The van der Waals surface area contributed by atoms with Crippen LogP contribution in [-0.4, -0.2) is 25.2 Å². The third-order valence-electron chi connectivity index (χ3n) is 3.65. The summed E-state index contributed by atoms with van der Waals surface area (Å²) in [6.07, 6.45) is 0. The van der Waals surface area contributed by atoms with Crippen molar-refractivity contribution in [3.63, 3.8) is 0 Å². The highest BCUT2D eigenvalue weighted by atomic mass is 35.5. The molecule has 2 N–H and O–H groups in total. The van der Waals surface area contributed by atoms with Crippen LogP contribution in [0.25, 0.3) is 0 Å². The summed E-state index contributed by atoms with van der Waals surface area (Å²) in [4.78, 5) is 6.51. The fourth-order valence-corrected chi connectivity index (χ4v) is 2.82. The molecule has 2 aromatic rings. The maximum Gasteiger partial charge on any atom is 0.282 e. The lowest BCUT2D eigenvalue weighted by atomic mass is 10.1. The minimum absolute atomic E-state index is 0.00756. The van der Waals surface area contributed by atoms with Crippen LogP contribution in [0.5, 0.6) is 0 Å². The summed E-state index contributed by atoms with van der Waals surface area (Å²) < 4.78 is 5.25. The van der Waals surface area contributed by atoms with E-state index in [-0.39, 0.29) is 12.1 Å². The van der Waals surface area contributed by atoms with Crippen LogP contribution in [0.4, 0.5) is 5.69 Å². The van der Waals surface area contributed by atoms with Gasteiger partial charge in [0, 0.05) is 18.8 Å². The van der Waals surface area contributed by atoms with Gasteiger partial charge in [-0.2, -0.15) is 0 Å². The molecule has 1 atom stereocenters. The number of halogens is 2. The van der Waals surface area contributed by atoms with Crippen molar-refractivity contribution in [1.82, 2.24) is 0 Å². The van der Waals surface area contributed by atoms with Crippen molar-refractivity contribution >= 4 is 34.9 Å². The van der Waals surface area contributed by atoms with Crippen LogP contribution < -0.4 is 10.6 Å². The Morgan fingerprint density at radius 1 is 1.13 bits per heavy atom. The van der Waals surface area contributed by atoms with Gasteiger partial charge in [-0.1, -0.05) is 53.5 Å². The van der Waals surface area contributed by atoms with Gasteiger partial charge in [-0.25, -0.2) is 4.99 Å². The van der Waals surface area contributed by atoms with Gasteiger partial charge < -0.3 is 15.4 Å². The highest BCUT2D eigenvalue weighted by Crippen LogP contribution is 2.28. The average molecular weight is 350 g/mol. The maximum atomic E-state index is 6.17. The molecule has 4 nitrogen and oxygen atoms in total. The number of rotatable bonds is 5. The second-order valence-electron chi connectivity index (χ2n) is 5.40. The first-order valence-electron chi connectivity index (χ1n) is 7.32. The van der Waals surface area contributed by atoms with Gasteiger partial charge in [-0.3, -0.25) is 0 Å². The van der Waals surface area contributed by atoms with Gasteiger partial charge >= 0.3 is 0 Å². The Balaban J connectivity index is 1.84. The number of benzene rings is 2. The number of anilines is 1. The molecule has 0 bridgehead atoms. The van der Waals surface area contributed by atoms with E-state index in [9.17, 15) is 0 Å². The number of ether oxygens (including phenoxy) is 1. The molecular formula is C17H17Cl2N3O. The van der Waals surface area contributed by atoms with Crippen LogP contribution in [0, 0.1) is 0 Å². The number of hydrogen-bond donors (Lipinski definition) is 1. The summed E-state index contributed by atoms with van der Waals surface area (Å²) in [5.41, 5.74) is 7.80. The van der Waals surface area contributed by atoms with Crippen molar-refractivity contribution in [2.75, 3.05) is 18.1 Å². The van der Waals surface area contributed by atoms with E-state index in [1.807, 2.05) is 30.3 Å². The normalized spacial score (nSPS) is 16.8. The third-order valence-corrected chi connectivity index (χ3v) is 4.39. The molecular weight excluding hydrogens is 333 g/mol. The van der Waals surface area contributed by atoms with E-state index < -0.39 is 0 Å². The number of nitrogens with zero attached hydrogens (tertiary/aromatic N) is 2. The molecule has 1 aliphatic heterocycles. The minimum atomic E-state index is 0.00756. The van der Waals surface area contributed by atoms with Gasteiger partial charge in [-0.15, -0.1) is 0 Å². The van der Waals surface area contributed by atoms with Gasteiger partial charge in [0.15, 0.2) is 0 Å². The van der Waals surface area contributed by atoms with E-state index in [2.05, 4.69) is 22.0 Å². The SMILES string of the molecule is NC1=NC(CN(Cc2ccccc2)c2ccc(Cl)c(Cl)c2)CO1. The molecule has 1 heterocycles. The Bertz CT molecular complexity index is 706.